The molecule has 33 heavy (non-hydrogen) atoms. The van der Waals surface area contributed by atoms with Gasteiger partial charge in [-0.15, -0.1) is 0 Å². The molecule has 4 aromatic rings. The van der Waals surface area contributed by atoms with Gasteiger partial charge < -0.3 is 15.7 Å². The van der Waals surface area contributed by atoms with Gasteiger partial charge in [-0.2, -0.15) is 5.10 Å². The second-order valence-electron chi connectivity index (χ2n) is 8.24. The van der Waals surface area contributed by atoms with Gasteiger partial charge in [-0.3, -0.25) is 19.3 Å². The van der Waals surface area contributed by atoms with Crippen molar-refractivity contribution in [1.29, 1.82) is 0 Å². The molecule has 0 aliphatic heterocycles. The molecule has 9 nitrogen and oxygen atoms in total. The molecule has 168 valence electrons. The normalized spacial score (nSPS) is 15.2. The minimum Gasteiger partial charge on any atom is -0.381 e. The number of aromatic nitrogens is 4. The SMILES string of the molecule is O=C(NC(Cc1ccccc1)C(O)C(=O)NC1CC1)c1cncn1-c1n[nH]c2ccccc12. The summed E-state index contributed by atoms with van der Waals surface area (Å²) < 4.78 is 1.59. The molecule has 5 rings (SSSR count). The summed E-state index contributed by atoms with van der Waals surface area (Å²) in [6.07, 6.45) is 3.67. The molecule has 1 saturated carbocycles. The third-order valence-corrected chi connectivity index (χ3v) is 5.74. The van der Waals surface area contributed by atoms with Crippen LogP contribution in [0.25, 0.3) is 16.7 Å². The summed E-state index contributed by atoms with van der Waals surface area (Å²) in [4.78, 5) is 29.9. The van der Waals surface area contributed by atoms with Gasteiger partial charge in [-0.25, -0.2) is 4.98 Å². The number of imidazole rings is 1. The lowest BCUT2D eigenvalue weighted by Gasteiger charge is -2.24. The standard InChI is InChI=1S/C24H24N6O3/c31-21(24(33)26-16-10-11-16)19(12-15-6-2-1-3-7-15)27-23(32)20-13-25-14-30(20)22-17-8-4-5-9-18(17)28-29-22/h1-9,13-14,16,19,21,31H,10-12H2,(H,26,33)(H,27,32)(H,28,29). The van der Waals surface area contributed by atoms with Crippen molar-refractivity contribution in [3.05, 3.63) is 78.4 Å². The molecule has 2 aromatic heterocycles. The zero-order valence-corrected chi connectivity index (χ0v) is 17.8. The summed E-state index contributed by atoms with van der Waals surface area (Å²) in [5.74, 6) is -0.399. The Hall–Kier alpha value is -3.98. The van der Waals surface area contributed by atoms with Crippen LogP contribution in [-0.4, -0.2) is 54.9 Å². The summed E-state index contributed by atoms with van der Waals surface area (Å²) in [5.41, 5.74) is 1.98. The van der Waals surface area contributed by atoms with Crippen LogP contribution >= 0.6 is 0 Å². The first-order valence-corrected chi connectivity index (χ1v) is 10.9. The van der Waals surface area contributed by atoms with Crippen LogP contribution in [0.15, 0.2) is 67.1 Å². The van der Waals surface area contributed by atoms with Crippen molar-refractivity contribution in [1.82, 2.24) is 30.4 Å². The van der Waals surface area contributed by atoms with Crippen molar-refractivity contribution in [2.45, 2.75) is 37.5 Å². The van der Waals surface area contributed by atoms with Gasteiger partial charge in [0.05, 0.1) is 17.8 Å². The van der Waals surface area contributed by atoms with E-state index in [-0.39, 0.29) is 11.7 Å². The van der Waals surface area contributed by atoms with E-state index in [1.165, 1.54) is 12.5 Å². The summed E-state index contributed by atoms with van der Waals surface area (Å²) in [6.45, 7) is 0. The van der Waals surface area contributed by atoms with Crippen molar-refractivity contribution in [2.24, 2.45) is 0 Å². The highest BCUT2D eigenvalue weighted by Crippen LogP contribution is 2.21. The summed E-state index contributed by atoms with van der Waals surface area (Å²) in [7, 11) is 0. The lowest BCUT2D eigenvalue weighted by atomic mass is 10.0. The first kappa shape index (κ1) is 20.9. The Labute approximate surface area is 189 Å². The number of aliphatic hydroxyl groups excluding tert-OH is 1. The highest BCUT2D eigenvalue weighted by atomic mass is 16.3. The van der Waals surface area contributed by atoms with E-state index < -0.39 is 24.0 Å². The van der Waals surface area contributed by atoms with Gasteiger partial charge in [0.2, 0.25) is 0 Å². The number of para-hydroxylation sites is 1. The van der Waals surface area contributed by atoms with Gasteiger partial charge in [0.15, 0.2) is 11.9 Å². The number of aromatic amines is 1. The van der Waals surface area contributed by atoms with Crippen LogP contribution in [0.1, 0.15) is 28.9 Å². The monoisotopic (exact) mass is 444 g/mol. The van der Waals surface area contributed by atoms with E-state index in [0.29, 0.717) is 12.2 Å². The highest BCUT2D eigenvalue weighted by Gasteiger charge is 2.32. The molecular weight excluding hydrogens is 420 g/mol. The fourth-order valence-electron chi connectivity index (χ4n) is 3.81. The van der Waals surface area contributed by atoms with Crippen LogP contribution in [0, 0.1) is 0 Å². The van der Waals surface area contributed by atoms with E-state index >= 15 is 0 Å². The van der Waals surface area contributed by atoms with E-state index in [4.69, 9.17) is 0 Å². The molecule has 0 saturated heterocycles. The number of amides is 2. The summed E-state index contributed by atoms with van der Waals surface area (Å²) in [6, 6.07) is 16.3. The Morgan fingerprint density at radius 1 is 1.12 bits per heavy atom. The first-order chi connectivity index (χ1) is 16.1. The number of nitrogens with one attached hydrogen (secondary N) is 3. The minimum absolute atomic E-state index is 0.106. The van der Waals surface area contributed by atoms with Crippen molar-refractivity contribution < 1.29 is 14.7 Å². The number of aliphatic hydroxyl groups is 1. The fraction of sp³-hybridized carbons (Fsp3) is 0.250. The maximum absolute atomic E-state index is 13.3. The number of carbonyl (C=O) groups excluding carboxylic acids is 2. The van der Waals surface area contributed by atoms with Gasteiger partial charge in [0.1, 0.15) is 12.0 Å². The summed E-state index contributed by atoms with van der Waals surface area (Å²) >= 11 is 0. The van der Waals surface area contributed by atoms with Gasteiger partial charge in [0.25, 0.3) is 11.8 Å². The molecule has 0 spiro atoms. The lowest BCUT2D eigenvalue weighted by Crippen LogP contribution is -2.52. The second kappa shape index (κ2) is 8.87. The summed E-state index contributed by atoms with van der Waals surface area (Å²) in [5, 5.41) is 24.6. The zero-order valence-electron chi connectivity index (χ0n) is 17.8. The van der Waals surface area contributed by atoms with Gasteiger partial charge in [-0.05, 0) is 37.0 Å². The molecule has 2 unspecified atom stereocenters. The number of hydrogen-bond acceptors (Lipinski definition) is 5. The van der Waals surface area contributed by atoms with Gasteiger partial charge >= 0.3 is 0 Å². The van der Waals surface area contributed by atoms with Crippen molar-refractivity contribution >= 4 is 22.7 Å². The molecule has 1 fully saturated rings. The predicted molar refractivity (Wildman–Crippen MR) is 122 cm³/mol. The van der Waals surface area contributed by atoms with E-state index in [9.17, 15) is 14.7 Å². The Morgan fingerprint density at radius 3 is 2.67 bits per heavy atom. The molecule has 2 atom stereocenters. The van der Waals surface area contributed by atoms with Crippen molar-refractivity contribution in [3.8, 4) is 5.82 Å². The lowest BCUT2D eigenvalue weighted by molar-refractivity contribution is -0.130. The molecule has 4 N–H and O–H groups in total. The second-order valence-corrected chi connectivity index (χ2v) is 8.24. The van der Waals surface area contributed by atoms with Crippen LogP contribution in [-0.2, 0) is 11.2 Å². The average Bonchev–Trinajstić information content (AvgIpc) is 3.33. The Kier molecular flexibility index (Phi) is 5.62. The maximum Gasteiger partial charge on any atom is 0.270 e. The average molecular weight is 444 g/mol. The number of H-pyrrole nitrogens is 1. The third kappa shape index (κ3) is 4.49. The van der Waals surface area contributed by atoms with Crippen LogP contribution in [0.2, 0.25) is 0 Å². The molecule has 9 heteroatoms. The smallest absolute Gasteiger partial charge is 0.270 e. The molecular formula is C24H24N6O3. The van der Waals surface area contributed by atoms with Crippen molar-refractivity contribution in [3.63, 3.8) is 0 Å². The molecule has 0 radical (unpaired) electrons. The third-order valence-electron chi connectivity index (χ3n) is 5.74. The zero-order chi connectivity index (χ0) is 22.8. The number of rotatable bonds is 8. The molecule has 1 aliphatic carbocycles. The number of nitrogens with zero attached hydrogens (tertiary/aromatic N) is 3. The molecule has 2 heterocycles. The fourth-order valence-corrected chi connectivity index (χ4v) is 3.81. The van der Waals surface area contributed by atoms with Gasteiger partial charge in [0, 0.05) is 11.4 Å². The first-order valence-electron chi connectivity index (χ1n) is 10.9. The van der Waals surface area contributed by atoms with E-state index in [1.807, 2.05) is 54.6 Å². The predicted octanol–water partition coefficient (Wildman–Crippen LogP) is 1.73. The number of fused-ring (bicyclic) bond motifs is 1. The topological polar surface area (TPSA) is 125 Å². The van der Waals surface area contributed by atoms with Crippen LogP contribution < -0.4 is 10.6 Å². The van der Waals surface area contributed by atoms with Crippen LogP contribution in [0.5, 0.6) is 0 Å². The number of hydrogen-bond donors (Lipinski definition) is 4. The largest absolute Gasteiger partial charge is 0.381 e. The van der Waals surface area contributed by atoms with Gasteiger partial charge in [-0.1, -0.05) is 42.5 Å². The van der Waals surface area contributed by atoms with Crippen LogP contribution in [0.3, 0.4) is 0 Å². The van der Waals surface area contributed by atoms with E-state index in [2.05, 4.69) is 25.8 Å². The minimum atomic E-state index is -1.39. The van der Waals surface area contributed by atoms with Crippen molar-refractivity contribution in [2.75, 3.05) is 0 Å². The van der Waals surface area contributed by atoms with Crippen LogP contribution in [0.4, 0.5) is 0 Å². The number of benzene rings is 2. The quantitative estimate of drug-likeness (QED) is 0.329. The Morgan fingerprint density at radius 2 is 1.88 bits per heavy atom. The molecule has 2 amide bonds. The highest BCUT2D eigenvalue weighted by molar-refractivity contribution is 5.95. The Balaban J connectivity index is 1.40. The molecule has 1 aliphatic rings. The Bertz CT molecular complexity index is 1280. The maximum atomic E-state index is 13.3. The number of carbonyl (C=O) groups is 2. The molecule has 0 bridgehead atoms. The molecule has 2 aromatic carbocycles. The van der Waals surface area contributed by atoms with E-state index in [1.54, 1.807) is 4.57 Å². The van der Waals surface area contributed by atoms with E-state index in [0.717, 1.165) is 29.3 Å².